The molecular weight excluding hydrogens is 276 g/mol. The van der Waals surface area contributed by atoms with E-state index in [1.807, 2.05) is 19.1 Å². The number of esters is 1. The van der Waals surface area contributed by atoms with Crippen molar-refractivity contribution in [2.24, 2.45) is 5.73 Å². The lowest BCUT2D eigenvalue weighted by atomic mass is 10.2. The van der Waals surface area contributed by atoms with Crippen LogP contribution in [0.25, 0.3) is 0 Å². The molecule has 0 aliphatic heterocycles. The van der Waals surface area contributed by atoms with Crippen molar-refractivity contribution >= 4 is 11.9 Å². The number of allylic oxidation sites excluding steroid dienone is 2. The van der Waals surface area contributed by atoms with E-state index < -0.39 is 24.0 Å². The zero-order chi connectivity index (χ0) is 16.1. The quantitative estimate of drug-likeness (QED) is 0.231. The number of rotatable bonds is 11. The van der Waals surface area contributed by atoms with Crippen LogP contribution in [0.4, 0.5) is 0 Å². The third-order valence-electron chi connectivity index (χ3n) is 2.70. The van der Waals surface area contributed by atoms with Crippen LogP contribution in [0.15, 0.2) is 12.2 Å². The van der Waals surface area contributed by atoms with Gasteiger partial charge in [-0.2, -0.15) is 0 Å². The molecule has 0 radical (unpaired) electrons. The first-order chi connectivity index (χ1) is 10.0. The minimum absolute atomic E-state index is 0.223. The Morgan fingerprint density at radius 1 is 1.29 bits per heavy atom. The van der Waals surface area contributed by atoms with Gasteiger partial charge in [-0.05, 0) is 19.3 Å². The predicted octanol–water partition coefficient (Wildman–Crippen LogP) is -0.537. The molecule has 0 aromatic carbocycles. The first-order valence-corrected chi connectivity index (χ1v) is 7.13. The standard InChI is InChI=1S/C14H26N2O5/c1-2-3-4-5-6-7-13(19)21-10-12(15)14(20)16-11(8-17)9-18/h3-4,11-12,17-18H,2,5-10,15H2,1H3,(H,16,20)/b4-3-. The molecule has 0 fully saturated rings. The highest BCUT2D eigenvalue weighted by molar-refractivity contribution is 5.82. The topological polar surface area (TPSA) is 122 Å². The van der Waals surface area contributed by atoms with Gasteiger partial charge in [0.05, 0.1) is 19.3 Å². The molecule has 0 spiro atoms. The number of nitrogens with one attached hydrogen (secondary N) is 1. The molecule has 21 heavy (non-hydrogen) atoms. The Labute approximate surface area is 125 Å². The van der Waals surface area contributed by atoms with Crippen molar-refractivity contribution < 1.29 is 24.5 Å². The molecule has 0 aromatic rings. The van der Waals surface area contributed by atoms with Gasteiger partial charge in [-0.15, -0.1) is 0 Å². The summed E-state index contributed by atoms with van der Waals surface area (Å²) in [5.41, 5.74) is 5.55. The van der Waals surface area contributed by atoms with Crippen LogP contribution in [0.3, 0.4) is 0 Å². The Bertz CT molecular complexity index is 329. The molecule has 0 rings (SSSR count). The zero-order valence-corrected chi connectivity index (χ0v) is 12.5. The van der Waals surface area contributed by atoms with Gasteiger partial charge in [0, 0.05) is 6.42 Å². The fraction of sp³-hybridized carbons (Fsp3) is 0.714. The van der Waals surface area contributed by atoms with Crippen molar-refractivity contribution in [1.82, 2.24) is 5.32 Å². The van der Waals surface area contributed by atoms with Crippen LogP contribution >= 0.6 is 0 Å². The molecule has 1 amide bonds. The molecule has 1 unspecified atom stereocenters. The fourth-order valence-electron chi connectivity index (χ4n) is 1.44. The molecule has 7 heteroatoms. The van der Waals surface area contributed by atoms with E-state index in [0.717, 1.165) is 12.8 Å². The minimum atomic E-state index is -1.02. The van der Waals surface area contributed by atoms with Crippen LogP contribution in [-0.2, 0) is 14.3 Å². The van der Waals surface area contributed by atoms with Gasteiger partial charge in [0.15, 0.2) is 0 Å². The normalized spacial score (nSPS) is 12.6. The van der Waals surface area contributed by atoms with Gasteiger partial charge in [0.2, 0.25) is 5.91 Å². The van der Waals surface area contributed by atoms with Crippen LogP contribution < -0.4 is 11.1 Å². The molecule has 0 aliphatic rings. The highest BCUT2D eigenvalue weighted by atomic mass is 16.5. The van der Waals surface area contributed by atoms with Crippen molar-refractivity contribution in [3.05, 3.63) is 12.2 Å². The molecule has 1 atom stereocenters. The van der Waals surface area contributed by atoms with Crippen molar-refractivity contribution in [3.63, 3.8) is 0 Å². The number of hydrogen-bond acceptors (Lipinski definition) is 6. The number of carbonyl (C=O) groups is 2. The van der Waals surface area contributed by atoms with Crippen LogP contribution in [0.5, 0.6) is 0 Å². The predicted molar refractivity (Wildman–Crippen MR) is 78.3 cm³/mol. The maximum Gasteiger partial charge on any atom is 0.305 e. The van der Waals surface area contributed by atoms with Gasteiger partial charge in [-0.3, -0.25) is 9.59 Å². The number of ether oxygens (including phenoxy) is 1. The van der Waals surface area contributed by atoms with Gasteiger partial charge >= 0.3 is 5.97 Å². The Hall–Kier alpha value is -1.44. The van der Waals surface area contributed by atoms with E-state index in [2.05, 4.69) is 5.32 Å². The second-order valence-electron chi connectivity index (χ2n) is 4.63. The maximum atomic E-state index is 11.6. The second kappa shape index (κ2) is 12.3. The number of aliphatic hydroxyl groups is 2. The van der Waals surface area contributed by atoms with E-state index >= 15 is 0 Å². The van der Waals surface area contributed by atoms with Gasteiger partial charge in [-0.1, -0.05) is 19.1 Å². The summed E-state index contributed by atoms with van der Waals surface area (Å²) in [6, 6.07) is -1.78. The van der Waals surface area contributed by atoms with E-state index in [9.17, 15) is 9.59 Å². The van der Waals surface area contributed by atoms with Gasteiger partial charge < -0.3 is 26.0 Å². The molecule has 0 aliphatic carbocycles. The molecule has 0 aromatic heterocycles. The first-order valence-electron chi connectivity index (χ1n) is 7.13. The molecule has 0 saturated heterocycles. The van der Waals surface area contributed by atoms with Crippen molar-refractivity contribution in [2.45, 2.75) is 44.7 Å². The lowest BCUT2D eigenvalue weighted by Crippen LogP contribution is -2.50. The van der Waals surface area contributed by atoms with E-state index in [0.29, 0.717) is 6.42 Å². The number of nitrogens with two attached hydrogens (primary N) is 1. The number of unbranched alkanes of at least 4 members (excludes halogenated alkanes) is 1. The van der Waals surface area contributed by atoms with Gasteiger partial charge in [0.1, 0.15) is 12.6 Å². The number of hydrogen-bond donors (Lipinski definition) is 4. The third-order valence-corrected chi connectivity index (χ3v) is 2.70. The second-order valence-corrected chi connectivity index (χ2v) is 4.63. The summed E-state index contributed by atoms with van der Waals surface area (Å²) in [4.78, 5) is 23.0. The molecular formula is C14H26N2O5. The summed E-state index contributed by atoms with van der Waals surface area (Å²) in [6.07, 6.45) is 6.79. The smallest absolute Gasteiger partial charge is 0.305 e. The van der Waals surface area contributed by atoms with Crippen molar-refractivity contribution in [3.8, 4) is 0 Å². The van der Waals surface area contributed by atoms with E-state index in [1.165, 1.54) is 0 Å². The molecule has 0 bridgehead atoms. The number of carbonyl (C=O) groups excluding carboxylic acids is 2. The maximum absolute atomic E-state index is 11.6. The summed E-state index contributed by atoms with van der Waals surface area (Å²) in [7, 11) is 0. The fourth-order valence-corrected chi connectivity index (χ4v) is 1.44. The molecule has 7 nitrogen and oxygen atoms in total. The lowest BCUT2D eigenvalue weighted by Gasteiger charge is -2.17. The van der Waals surface area contributed by atoms with Gasteiger partial charge in [-0.25, -0.2) is 0 Å². The number of amides is 1. The van der Waals surface area contributed by atoms with Crippen LogP contribution in [-0.4, -0.2) is 54.0 Å². The largest absolute Gasteiger partial charge is 0.463 e. The van der Waals surface area contributed by atoms with Gasteiger partial charge in [0.25, 0.3) is 0 Å². The van der Waals surface area contributed by atoms with Crippen molar-refractivity contribution in [1.29, 1.82) is 0 Å². The van der Waals surface area contributed by atoms with Crippen LogP contribution in [0.2, 0.25) is 0 Å². The number of aliphatic hydroxyl groups excluding tert-OH is 2. The van der Waals surface area contributed by atoms with E-state index in [1.54, 1.807) is 0 Å². The Morgan fingerprint density at radius 2 is 1.95 bits per heavy atom. The first kappa shape index (κ1) is 19.6. The van der Waals surface area contributed by atoms with E-state index in [-0.39, 0.29) is 26.2 Å². The summed E-state index contributed by atoms with van der Waals surface area (Å²) in [5.74, 6) is -0.981. The molecule has 5 N–H and O–H groups in total. The Kier molecular flexibility index (Phi) is 11.5. The summed E-state index contributed by atoms with van der Waals surface area (Å²) in [6.45, 7) is 1.04. The van der Waals surface area contributed by atoms with E-state index in [4.69, 9.17) is 20.7 Å². The summed E-state index contributed by atoms with van der Waals surface area (Å²) in [5, 5.41) is 20.0. The summed E-state index contributed by atoms with van der Waals surface area (Å²) >= 11 is 0. The highest BCUT2D eigenvalue weighted by Crippen LogP contribution is 2.00. The van der Waals surface area contributed by atoms with Crippen LogP contribution in [0.1, 0.15) is 32.6 Å². The minimum Gasteiger partial charge on any atom is -0.463 e. The molecule has 122 valence electrons. The average molecular weight is 302 g/mol. The molecule has 0 heterocycles. The van der Waals surface area contributed by atoms with Crippen molar-refractivity contribution in [2.75, 3.05) is 19.8 Å². The Balaban J connectivity index is 3.85. The lowest BCUT2D eigenvalue weighted by molar-refractivity contribution is -0.145. The molecule has 0 saturated carbocycles. The third kappa shape index (κ3) is 10.0. The monoisotopic (exact) mass is 302 g/mol. The zero-order valence-electron chi connectivity index (χ0n) is 12.5. The Morgan fingerprint density at radius 3 is 2.52 bits per heavy atom. The average Bonchev–Trinajstić information content (AvgIpc) is 2.49. The summed E-state index contributed by atoms with van der Waals surface area (Å²) < 4.78 is 4.91. The SMILES string of the molecule is CC/C=C\CCCC(=O)OCC(N)C(=O)NC(CO)CO. The van der Waals surface area contributed by atoms with Crippen LogP contribution in [0, 0.1) is 0 Å². The highest BCUT2D eigenvalue weighted by Gasteiger charge is 2.18.